The molecule has 0 heterocycles. The number of nitrogens with one attached hydrogen (secondary N) is 1. The molecule has 0 aliphatic heterocycles. The Bertz CT molecular complexity index is 435. The van der Waals surface area contributed by atoms with E-state index in [9.17, 15) is 4.39 Å². The van der Waals surface area contributed by atoms with Crippen molar-refractivity contribution in [1.29, 1.82) is 0 Å². The zero-order chi connectivity index (χ0) is 15.1. The first-order valence-electron chi connectivity index (χ1n) is 7.98. The SMILES string of the molecule is CCCNC(CSC1CCCC1)Cc1ccc(F)cc1Cl. The van der Waals surface area contributed by atoms with E-state index in [1.165, 1.54) is 37.8 Å². The standard InChI is InChI=1S/C17H25ClFNS/c1-2-9-20-15(12-21-16-5-3-4-6-16)10-13-7-8-14(19)11-17(13)18/h7-8,11,15-16,20H,2-6,9-10,12H2,1H3. The summed E-state index contributed by atoms with van der Waals surface area (Å²) in [6.07, 6.45) is 7.49. The Morgan fingerprint density at radius 2 is 2.14 bits per heavy atom. The molecule has 1 nitrogen and oxygen atoms in total. The van der Waals surface area contributed by atoms with Gasteiger partial charge in [-0.15, -0.1) is 0 Å². The van der Waals surface area contributed by atoms with Gasteiger partial charge in [0.1, 0.15) is 5.82 Å². The maximum absolute atomic E-state index is 13.1. The van der Waals surface area contributed by atoms with Gasteiger partial charge in [-0.2, -0.15) is 11.8 Å². The molecular formula is C17H25ClFNS. The molecule has 1 aliphatic rings. The van der Waals surface area contributed by atoms with E-state index in [4.69, 9.17) is 11.6 Å². The minimum absolute atomic E-state index is 0.262. The largest absolute Gasteiger partial charge is 0.313 e. The van der Waals surface area contributed by atoms with E-state index < -0.39 is 0 Å². The third kappa shape index (κ3) is 5.80. The fraction of sp³-hybridized carbons (Fsp3) is 0.647. The lowest BCUT2D eigenvalue weighted by Crippen LogP contribution is -2.34. The molecular weight excluding hydrogens is 305 g/mol. The molecule has 0 radical (unpaired) electrons. The maximum Gasteiger partial charge on any atom is 0.124 e. The summed E-state index contributed by atoms with van der Waals surface area (Å²) < 4.78 is 13.1. The molecule has 1 aliphatic carbocycles. The summed E-state index contributed by atoms with van der Waals surface area (Å²) in [5.41, 5.74) is 1.04. The Kier molecular flexibility index (Phi) is 7.35. The molecule has 0 aromatic heterocycles. The van der Waals surface area contributed by atoms with Crippen LogP contribution in [0.25, 0.3) is 0 Å². The van der Waals surface area contributed by atoms with Gasteiger partial charge in [0.2, 0.25) is 0 Å². The van der Waals surface area contributed by atoms with Gasteiger partial charge in [-0.25, -0.2) is 4.39 Å². The van der Waals surface area contributed by atoms with E-state index in [0.29, 0.717) is 11.1 Å². The number of rotatable bonds is 8. The molecule has 1 unspecified atom stereocenters. The minimum Gasteiger partial charge on any atom is -0.313 e. The zero-order valence-corrected chi connectivity index (χ0v) is 14.3. The van der Waals surface area contributed by atoms with Crippen LogP contribution in [0, 0.1) is 5.82 Å². The fourth-order valence-electron chi connectivity index (χ4n) is 2.80. The summed E-state index contributed by atoms with van der Waals surface area (Å²) in [7, 11) is 0. The van der Waals surface area contributed by atoms with Gasteiger partial charge in [-0.05, 0) is 49.9 Å². The molecule has 0 bridgehead atoms. The monoisotopic (exact) mass is 329 g/mol. The van der Waals surface area contributed by atoms with Crippen molar-refractivity contribution < 1.29 is 4.39 Å². The van der Waals surface area contributed by atoms with Crippen LogP contribution in [-0.4, -0.2) is 23.6 Å². The normalized spacial score (nSPS) is 17.3. The third-order valence-corrected chi connectivity index (χ3v) is 5.89. The van der Waals surface area contributed by atoms with Gasteiger partial charge in [-0.3, -0.25) is 0 Å². The summed E-state index contributed by atoms with van der Waals surface area (Å²) in [6, 6.07) is 5.15. The van der Waals surface area contributed by atoms with Gasteiger partial charge >= 0.3 is 0 Å². The van der Waals surface area contributed by atoms with Crippen LogP contribution < -0.4 is 5.32 Å². The Morgan fingerprint density at radius 3 is 2.81 bits per heavy atom. The predicted molar refractivity (Wildman–Crippen MR) is 91.9 cm³/mol. The van der Waals surface area contributed by atoms with E-state index in [2.05, 4.69) is 24.0 Å². The van der Waals surface area contributed by atoms with Crippen LogP contribution in [-0.2, 0) is 6.42 Å². The van der Waals surface area contributed by atoms with Crippen LogP contribution in [0.2, 0.25) is 5.02 Å². The van der Waals surface area contributed by atoms with Crippen LogP contribution in [0.4, 0.5) is 4.39 Å². The van der Waals surface area contributed by atoms with Gasteiger partial charge in [0, 0.05) is 22.1 Å². The summed E-state index contributed by atoms with van der Waals surface area (Å²) >= 11 is 8.25. The number of hydrogen-bond donors (Lipinski definition) is 1. The molecule has 1 aromatic carbocycles. The van der Waals surface area contributed by atoms with E-state index in [1.54, 1.807) is 0 Å². The third-order valence-electron chi connectivity index (χ3n) is 4.00. The van der Waals surface area contributed by atoms with Crippen molar-refractivity contribution in [1.82, 2.24) is 5.32 Å². The molecule has 118 valence electrons. The van der Waals surface area contributed by atoms with E-state index >= 15 is 0 Å². The first-order valence-corrected chi connectivity index (χ1v) is 9.40. The smallest absolute Gasteiger partial charge is 0.124 e. The lowest BCUT2D eigenvalue weighted by Gasteiger charge is -2.21. The van der Waals surface area contributed by atoms with E-state index in [1.807, 2.05) is 6.07 Å². The Labute approximate surface area is 137 Å². The molecule has 1 aromatic rings. The van der Waals surface area contributed by atoms with Crippen molar-refractivity contribution in [2.24, 2.45) is 0 Å². The average Bonchev–Trinajstić information content (AvgIpc) is 2.97. The summed E-state index contributed by atoms with van der Waals surface area (Å²) in [6.45, 7) is 3.20. The molecule has 0 saturated heterocycles. The van der Waals surface area contributed by atoms with Crippen molar-refractivity contribution >= 4 is 23.4 Å². The molecule has 21 heavy (non-hydrogen) atoms. The molecule has 0 amide bonds. The molecule has 1 N–H and O–H groups in total. The molecule has 1 atom stereocenters. The second-order valence-electron chi connectivity index (χ2n) is 5.83. The first kappa shape index (κ1) is 17.1. The van der Waals surface area contributed by atoms with Crippen LogP contribution in [0.1, 0.15) is 44.6 Å². The summed E-state index contributed by atoms with van der Waals surface area (Å²) in [5.74, 6) is 0.848. The quantitative estimate of drug-likeness (QED) is 0.715. The van der Waals surface area contributed by atoms with Crippen molar-refractivity contribution in [2.45, 2.75) is 56.7 Å². The Balaban J connectivity index is 1.90. The summed E-state index contributed by atoms with van der Waals surface area (Å²) in [4.78, 5) is 0. The van der Waals surface area contributed by atoms with Crippen molar-refractivity contribution in [2.75, 3.05) is 12.3 Å². The highest BCUT2D eigenvalue weighted by Gasteiger charge is 2.18. The van der Waals surface area contributed by atoms with Crippen LogP contribution in [0.15, 0.2) is 18.2 Å². The second kappa shape index (κ2) is 9.02. The van der Waals surface area contributed by atoms with Crippen molar-refractivity contribution in [3.63, 3.8) is 0 Å². The summed E-state index contributed by atoms with van der Waals surface area (Å²) in [5, 5.41) is 4.99. The van der Waals surface area contributed by atoms with Gasteiger partial charge in [0.15, 0.2) is 0 Å². The highest BCUT2D eigenvalue weighted by molar-refractivity contribution is 7.99. The minimum atomic E-state index is -0.262. The Morgan fingerprint density at radius 1 is 1.38 bits per heavy atom. The van der Waals surface area contributed by atoms with Gasteiger partial charge in [-0.1, -0.05) is 37.4 Å². The van der Waals surface area contributed by atoms with Gasteiger partial charge < -0.3 is 5.32 Å². The number of hydrogen-bond acceptors (Lipinski definition) is 2. The van der Waals surface area contributed by atoms with Gasteiger partial charge in [0.25, 0.3) is 0 Å². The van der Waals surface area contributed by atoms with Gasteiger partial charge in [0.05, 0.1) is 0 Å². The number of thioether (sulfide) groups is 1. The molecule has 1 fully saturated rings. The average molecular weight is 330 g/mol. The molecule has 2 rings (SSSR count). The first-order chi connectivity index (χ1) is 10.2. The zero-order valence-electron chi connectivity index (χ0n) is 12.7. The fourth-order valence-corrected chi connectivity index (χ4v) is 4.45. The Hall–Kier alpha value is -0.250. The highest BCUT2D eigenvalue weighted by Crippen LogP contribution is 2.30. The van der Waals surface area contributed by atoms with Crippen molar-refractivity contribution in [3.8, 4) is 0 Å². The molecule has 4 heteroatoms. The van der Waals surface area contributed by atoms with E-state index in [0.717, 1.165) is 36.0 Å². The second-order valence-corrected chi connectivity index (χ2v) is 7.57. The lowest BCUT2D eigenvalue weighted by molar-refractivity contribution is 0.548. The number of halogens is 2. The highest BCUT2D eigenvalue weighted by atomic mass is 35.5. The maximum atomic E-state index is 13.1. The number of benzene rings is 1. The lowest BCUT2D eigenvalue weighted by atomic mass is 10.1. The topological polar surface area (TPSA) is 12.0 Å². The predicted octanol–water partition coefficient (Wildman–Crippen LogP) is 5.07. The van der Waals surface area contributed by atoms with E-state index in [-0.39, 0.29) is 5.82 Å². The van der Waals surface area contributed by atoms with Crippen LogP contribution in [0.5, 0.6) is 0 Å². The van der Waals surface area contributed by atoms with Crippen LogP contribution >= 0.6 is 23.4 Å². The molecule has 0 spiro atoms. The van der Waals surface area contributed by atoms with Crippen LogP contribution in [0.3, 0.4) is 0 Å². The molecule has 1 saturated carbocycles. The van der Waals surface area contributed by atoms with Crippen molar-refractivity contribution in [3.05, 3.63) is 34.6 Å².